The van der Waals surface area contributed by atoms with Crippen molar-refractivity contribution >= 4 is 27.5 Å². The van der Waals surface area contributed by atoms with Gasteiger partial charge in [-0.25, -0.2) is 9.07 Å². The van der Waals surface area contributed by atoms with E-state index in [2.05, 4.69) is 26.2 Å². The number of benzene rings is 1. The molecule has 0 radical (unpaired) electrons. The monoisotopic (exact) mass is 331 g/mol. The van der Waals surface area contributed by atoms with Crippen molar-refractivity contribution in [3.63, 3.8) is 0 Å². The summed E-state index contributed by atoms with van der Waals surface area (Å²) in [6.45, 7) is 2.46. The lowest BCUT2D eigenvalue weighted by Crippen LogP contribution is -2.01. The molecule has 0 spiro atoms. The van der Waals surface area contributed by atoms with Crippen LogP contribution in [0.3, 0.4) is 0 Å². The summed E-state index contributed by atoms with van der Waals surface area (Å²) in [6.07, 6.45) is 2.59. The highest BCUT2D eigenvalue weighted by Crippen LogP contribution is 2.21. The molecule has 0 saturated heterocycles. The Morgan fingerprint density at radius 3 is 2.89 bits per heavy atom. The third kappa shape index (κ3) is 3.29. The summed E-state index contributed by atoms with van der Waals surface area (Å²) >= 11 is 9.33. The number of aromatic nitrogens is 3. The van der Waals surface area contributed by atoms with Gasteiger partial charge in [0, 0.05) is 4.47 Å². The van der Waals surface area contributed by atoms with Crippen molar-refractivity contribution in [2.45, 2.75) is 25.3 Å². The van der Waals surface area contributed by atoms with Crippen molar-refractivity contribution in [3.8, 4) is 0 Å². The van der Waals surface area contributed by atoms with Crippen molar-refractivity contribution in [1.29, 1.82) is 0 Å². The first-order valence-corrected chi connectivity index (χ1v) is 6.80. The zero-order chi connectivity index (χ0) is 13.1. The molecule has 2 aromatic rings. The van der Waals surface area contributed by atoms with E-state index in [4.69, 9.17) is 11.6 Å². The molecule has 96 valence electrons. The fourth-order valence-corrected chi connectivity index (χ4v) is 2.25. The number of alkyl halides is 1. The van der Waals surface area contributed by atoms with Gasteiger partial charge in [0.25, 0.3) is 0 Å². The lowest BCUT2D eigenvalue weighted by Gasteiger charge is -2.02. The zero-order valence-electron chi connectivity index (χ0n) is 9.78. The van der Waals surface area contributed by atoms with Crippen LogP contribution >= 0.6 is 27.5 Å². The topological polar surface area (TPSA) is 30.7 Å². The molecule has 1 atom stereocenters. The maximum Gasteiger partial charge on any atom is 0.124 e. The van der Waals surface area contributed by atoms with E-state index in [1.165, 1.54) is 12.1 Å². The Labute approximate surface area is 118 Å². The Kier molecular flexibility index (Phi) is 4.35. The second-order valence-electron chi connectivity index (χ2n) is 3.99. The van der Waals surface area contributed by atoms with Crippen molar-refractivity contribution in [2.24, 2.45) is 0 Å². The van der Waals surface area contributed by atoms with Crippen molar-refractivity contribution < 1.29 is 4.39 Å². The van der Waals surface area contributed by atoms with Gasteiger partial charge in [0.15, 0.2) is 0 Å². The van der Waals surface area contributed by atoms with Gasteiger partial charge in [-0.3, -0.25) is 0 Å². The standard InChI is InChI=1S/C12H12BrClFN3/c1-2-11(14)12-7-18(17-16-12)6-8-3-9(13)5-10(15)4-8/h3-5,7,11H,2,6H2,1H3. The van der Waals surface area contributed by atoms with E-state index in [-0.39, 0.29) is 11.2 Å². The molecule has 1 unspecified atom stereocenters. The first-order valence-electron chi connectivity index (χ1n) is 5.57. The lowest BCUT2D eigenvalue weighted by molar-refractivity contribution is 0.613. The molecule has 0 saturated carbocycles. The van der Waals surface area contributed by atoms with Crippen LogP contribution in [-0.4, -0.2) is 15.0 Å². The van der Waals surface area contributed by atoms with Gasteiger partial charge in [-0.1, -0.05) is 28.1 Å². The van der Waals surface area contributed by atoms with E-state index in [9.17, 15) is 4.39 Å². The number of hydrogen-bond acceptors (Lipinski definition) is 2. The Morgan fingerprint density at radius 1 is 1.44 bits per heavy atom. The summed E-state index contributed by atoms with van der Waals surface area (Å²) < 4.78 is 15.6. The molecule has 18 heavy (non-hydrogen) atoms. The van der Waals surface area contributed by atoms with E-state index in [1.807, 2.05) is 13.0 Å². The van der Waals surface area contributed by atoms with Gasteiger partial charge in [-0.2, -0.15) is 0 Å². The molecule has 0 aliphatic carbocycles. The van der Waals surface area contributed by atoms with Crippen molar-refractivity contribution in [1.82, 2.24) is 15.0 Å². The maximum atomic E-state index is 13.2. The minimum Gasteiger partial charge on any atom is -0.248 e. The van der Waals surface area contributed by atoms with Crippen LogP contribution in [0.15, 0.2) is 28.9 Å². The SMILES string of the molecule is CCC(Cl)c1cn(Cc2cc(F)cc(Br)c2)nn1. The molecule has 1 aromatic carbocycles. The molecule has 6 heteroatoms. The van der Waals surface area contributed by atoms with Crippen LogP contribution in [0.25, 0.3) is 0 Å². The fraction of sp³-hybridized carbons (Fsp3) is 0.333. The highest BCUT2D eigenvalue weighted by Gasteiger charge is 2.10. The third-order valence-corrected chi connectivity index (χ3v) is 3.49. The number of nitrogens with zero attached hydrogens (tertiary/aromatic N) is 3. The summed E-state index contributed by atoms with van der Waals surface area (Å²) in [6, 6.07) is 4.74. The Morgan fingerprint density at radius 2 is 2.22 bits per heavy atom. The van der Waals surface area contributed by atoms with Crippen LogP contribution < -0.4 is 0 Å². The molecule has 1 aromatic heterocycles. The smallest absolute Gasteiger partial charge is 0.124 e. The van der Waals surface area contributed by atoms with Crippen molar-refractivity contribution in [2.75, 3.05) is 0 Å². The predicted molar refractivity (Wildman–Crippen MR) is 72.1 cm³/mol. The van der Waals surface area contributed by atoms with E-state index in [1.54, 1.807) is 10.9 Å². The summed E-state index contributed by atoms with van der Waals surface area (Å²) in [7, 11) is 0. The largest absolute Gasteiger partial charge is 0.248 e. The molecule has 1 heterocycles. The normalized spacial score (nSPS) is 12.7. The quantitative estimate of drug-likeness (QED) is 0.795. The van der Waals surface area contributed by atoms with Crippen LogP contribution in [0.4, 0.5) is 4.39 Å². The van der Waals surface area contributed by atoms with Crippen LogP contribution in [0.1, 0.15) is 30.0 Å². The van der Waals surface area contributed by atoms with Gasteiger partial charge < -0.3 is 0 Å². The lowest BCUT2D eigenvalue weighted by atomic mass is 10.2. The van der Waals surface area contributed by atoms with Gasteiger partial charge in [-0.05, 0) is 30.2 Å². The molecular weight excluding hydrogens is 321 g/mol. The molecule has 2 rings (SSSR count). The van der Waals surface area contributed by atoms with Crippen LogP contribution in [0, 0.1) is 5.82 Å². The van der Waals surface area contributed by atoms with Crippen LogP contribution in [0.2, 0.25) is 0 Å². The molecule has 0 fully saturated rings. The Hall–Kier alpha value is -0.940. The molecule has 0 bridgehead atoms. The minimum atomic E-state index is -0.275. The number of halogens is 3. The summed E-state index contributed by atoms with van der Waals surface area (Å²) in [5, 5.41) is 7.86. The predicted octanol–water partition coefficient (Wildman–Crippen LogP) is 3.92. The minimum absolute atomic E-state index is 0.127. The van der Waals surface area contributed by atoms with E-state index in [0.717, 1.165) is 17.7 Å². The second kappa shape index (κ2) is 5.80. The van der Waals surface area contributed by atoms with E-state index >= 15 is 0 Å². The molecule has 0 amide bonds. The van der Waals surface area contributed by atoms with Crippen LogP contribution in [0.5, 0.6) is 0 Å². The average Bonchev–Trinajstić information content (AvgIpc) is 2.75. The van der Waals surface area contributed by atoms with E-state index in [0.29, 0.717) is 11.0 Å². The Balaban J connectivity index is 2.16. The van der Waals surface area contributed by atoms with Gasteiger partial charge in [-0.15, -0.1) is 16.7 Å². The number of hydrogen-bond donors (Lipinski definition) is 0. The van der Waals surface area contributed by atoms with E-state index < -0.39 is 0 Å². The summed E-state index contributed by atoms with van der Waals surface area (Å²) in [5.74, 6) is -0.275. The van der Waals surface area contributed by atoms with Gasteiger partial charge >= 0.3 is 0 Å². The Bertz CT molecular complexity index is 524. The molecular formula is C12H12BrClFN3. The van der Waals surface area contributed by atoms with Gasteiger partial charge in [0.1, 0.15) is 11.5 Å². The maximum absolute atomic E-state index is 13.2. The highest BCUT2D eigenvalue weighted by molar-refractivity contribution is 9.10. The summed E-state index contributed by atoms with van der Waals surface area (Å²) in [5.41, 5.74) is 1.57. The fourth-order valence-electron chi connectivity index (χ4n) is 1.63. The van der Waals surface area contributed by atoms with Crippen molar-refractivity contribution in [3.05, 3.63) is 45.9 Å². The average molecular weight is 333 g/mol. The third-order valence-electron chi connectivity index (χ3n) is 2.50. The molecule has 0 aliphatic rings. The highest BCUT2D eigenvalue weighted by atomic mass is 79.9. The summed E-state index contributed by atoms with van der Waals surface area (Å²) in [4.78, 5) is 0. The van der Waals surface area contributed by atoms with Crippen LogP contribution in [-0.2, 0) is 6.54 Å². The molecule has 3 nitrogen and oxygen atoms in total. The molecule has 0 N–H and O–H groups in total. The number of rotatable bonds is 4. The second-order valence-corrected chi connectivity index (χ2v) is 5.44. The first-order chi connectivity index (χ1) is 8.58. The van der Waals surface area contributed by atoms with Gasteiger partial charge in [0.2, 0.25) is 0 Å². The first kappa shape index (κ1) is 13.5. The zero-order valence-corrected chi connectivity index (χ0v) is 12.1. The molecule has 0 aliphatic heterocycles. The van der Waals surface area contributed by atoms with Gasteiger partial charge in [0.05, 0.1) is 18.1 Å².